The summed E-state index contributed by atoms with van der Waals surface area (Å²) in [6.07, 6.45) is 8.11. The number of rotatable bonds is 4. The lowest BCUT2D eigenvalue weighted by molar-refractivity contribution is -0.00210. The molecule has 0 radical (unpaired) electrons. The van der Waals surface area contributed by atoms with Crippen molar-refractivity contribution in [3.8, 4) is 5.75 Å². The number of carbonyl (C=O) groups excluding carboxylic acids is 1. The van der Waals surface area contributed by atoms with E-state index < -0.39 is 10.0 Å². The summed E-state index contributed by atoms with van der Waals surface area (Å²) >= 11 is 0. The van der Waals surface area contributed by atoms with E-state index in [9.17, 15) is 13.2 Å². The molecule has 3 aliphatic rings. The van der Waals surface area contributed by atoms with E-state index >= 15 is 0 Å². The molecule has 2 aromatic rings. The highest BCUT2D eigenvalue weighted by Gasteiger charge is 2.42. The van der Waals surface area contributed by atoms with Crippen molar-refractivity contribution in [2.24, 2.45) is 0 Å². The first kappa shape index (κ1) is 21.5. The van der Waals surface area contributed by atoms with E-state index in [-0.39, 0.29) is 22.4 Å². The predicted molar refractivity (Wildman–Crippen MR) is 122 cm³/mol. The van der Waals surface area contributed by atoms with Crippen LogP contribution < -0.4 is 10.1 Å². The van der Waals surface area contributed by atoms with Gasteiger partial charge in [-0.1, -0.05) is 24.6 Å². The topological polar surface area (TPSA) is 75.7 Å². The van der Waals surface area contributed by atoms with Crippen LogP contribution in [0.2, 0.25) is 0 Å². The normalized spacial score (nSPS) is 22.8. The van der Waals surface area contributed by atoms with Gasteiger partial charge in [-0.2, -0.15) is 4.31 Å². The highest BCUT2D eigenvalue weighted by atomic mass is 32.2. The van der Waals surface area contributed by atoms with Crippen LogP contribution in [0, 0.1) is 0 Å². The van der Waals surface area contributed by atoms with Crippen molar-refractivity contribution >= 4 is 15.9 Å². The fraction of sp³-hybridized carbons (Fsp3) is 0.480. The molecule has 5 rings (SSSR count). The Bertz CT molecular complexity index is 1090. The van der Waals surface area contributed by atoms with Gasteiger partial charge in [-0.3, -0.25) is 4.79 Å². The van der Waals surface area contributed by atoms with E-state index in [0.29, 0.717) is 18.7 Å². The van der Waals surface area contributed by atoms with Crippen molar-refractivity contribution < 1.29 is 17.9 Å². The molecular weight excluding hydrogens is 424 g/mol. The van der Waals surface area contributed by atoms with Gasteiger partial charge in [0, 0.05) is 30.6 Å². The van der Waals surface area contributed by atoms with Gasteiger partial charge in [0.05, 0.1) is 10.9 Å². The van der Waals surface area contributed by atoms with E-state index in [0.717, 1.165) is 56.3 Å². The van der Waals surface area contributed by atoms with E-state index in [1.54, 1.807) is 24.3 Å². The Balaban J connectivity index is 1.35. The van der Waals surface area contributed by atoms with Crippen LogP contribution >= 0.6 is 0 Å². The molecule has 1 spiro atoms. The molecule has 1 atom stereocenters. The molecule has 2 heterocycles. The van der Waals surface area contributed by atoms with Crippen molar-refractivity contribution in [1.29, 1.82) is 0 Å². The monoisotopic (exact) mass is 454 g/mol. The third-order valence-corrected chi connectivity index (χ3v) is 9.00. The molecule has 1 amide bonds. The zero-order valence-electron chi connectivity index (χ0n) is 18.3. The van der Waals surface area contributed by atoms with Gasteiger partial charge in [-0.05, 0) is 68.9 Å². The number of hydrogen-bond acceptors (Lipinski definition) is 4. The molecule has 1 aliphatic carbocycles. The number of ether oxygens (including phenoxy) is 1. The van der Waals surface area contributed by atoms with Crippen LogP contribution in [0.3, 0.4) is 0 Å². The molecule has 2 aromatic carbocycles. The molecule has 0 aromatic heterocycles. The second-order valence-electron chi connectivity index (χ2n) is 9.25. The molecule has 32 heavy (non-hydrogen) atoms. The van der Waals surface area contributed by atoms with Crippen molar-refractivity contribution in [3.63, 3.8) is 0 Å². The van der Waals surface area contributed by atoms with Crippen molar-refractivity contribution in [1.82, 2.24) is 9.62 Å². The molecule has 170 valence electrons. The SMILES string of the molecule is O=C(NC1CC2(CCCCC2)Oc2ccccc21)c1ccc(S(=O)(=O)N2CCCC2)cc1. The summed E-state index contributed by atoms with van der Waals surface area (Å²) in [4.78, 5) is 13.3. The van der Waals surface area contributed by atoms with Crippen LogP contribution in [0.15, 0.2) is 53.4 Å². The fourth-order valence-corrected chi connectivity index (χ4v) is 6.86. The van der Waals surface area contributed by atoms with Gasteiger partial charge in [0.1, 0.15) is 11.4 Å². The first-order valence-corrected chi connectivity index (χ1v) is 13.1. The average Bonchev–Trinajstić information content (AvgIpc) is 3.36. The zero-order valence-corrected chi connectivity index (χ0v) is 19.1. The molecule has 2 fully saturated rings. The summed E-state index contributed by atoms with van der Waals surface area (Å²) in [6.45, 7) is 1.13. The number of benzene rings is 2. The summed E-state index contributed by atoms with van der Waals surface area (Å²) in [7, 11) is -3.48. The van der Waals surface area contributed by atoms with Crippen molar-refractivity contribution in [2.75, 3.05) is 13.1 Å². The van der Waals surface area contributed by atoms with Crippen LogP contribution in [-0.4, -0.2) is 37.3 Å². The summed E-state index contributed by atoms with van der Waals surface area (Å²) in [6, 6.07) is 14.1. The van der Waals surface area contributed by atoms with Gasteiger partial charge in [-0.25, -0.2) is 8.42 Å². The highest BCUT2D eigenvalue weighted by Crippen LogP contribution is 2.46. The number of hydrogen-bond donors (Lipinski definition) is 1. The van der Waals surface area contributed by atoms with E-state index in [1.165, 1.54) is 10.7 Å². The molecule has 6 nitrogen and oxygen atoms in total. The lowest BCUT2D eigenvalue weighted by atomic mass is 9.77. The molecule has 1 unspecified atom stereocenters. The number of nitrogens with one attached hydrogen (secondary N) is 1. The maximum absolute atomic E-state index is 13.1. The summed E-state index contributed by atoms with van der Waals surface area (Å²) in [5.74, 6) is 0.667. The zero-order chi connectivity index (χ0) is 22.2. The van der Waals surface area contributed by atoms with Gasteiger partial charge < -0.3 is 10.1 Å². The molecule has 7 heteroatoms. The number of nitrogens with zero attached hydrogens (tertiary/aromatic N) is 1. The Labute approximate surface area is 190 Å². The first-order valence-electron chi connectivity index (χ1n) is 11.7. The van der Waals surface area contributed by atoms with Gasteiger partial charge >= 0.3 is 0 Å². The van der Waals surface area contributed by atoms with Gasteiger partial charge in [0.15, 0.2) is 0 Å². The third-order valence-electron chi connectivity index (χ3n) is 7.09. The highest BCUT2D eigenvalue weighted by molar-refractivity contribution is 7.89. The first-order chi connectivity index (χ1) is 15.5. The Hall–Kier alpha value is -2.38. The number of sulfonamides is 1. The lowest BCUT2D eigenvalue weighted by Crippen LogP contribution is -2.46. The summed E-state index contributed by atoms with van der Waals surface area (Å²) < 4.78 is 33.5. The van der Waals surface area contributed by atoms with Gasteiger partial charge in [0.25, 0.3) is 5.91 Å². The third kappa shape index (κ3) is 4.04. The number of para-hydroxylation sites is 1. The van der Waals surface area contributed by atoms with E-state index in [4.69, 9.17) is 4.74 Å². The predicted octanol–water partition coefficient (Wildman–Crippen LogP) is 4.43. The number of carbonyl (C=O) groups is 1. The molecular formula is C25H30N2O4S. The van der Waals surface area contributed by atoms with Crippen molar-refractivity contribution in [3.05, 3.63) is 59.7 Å². The molecule has 1 N–H and O–H groups in total. The Morgan fingerprint density at radius 1 is 0.938 bits per heavy atom. The summed E-state index contributed by atoms with van der Waals surface area (Å²) in [5, 5.41) is 3.20. The Morgan fingerprint density at radius 3 is 2.34 bits per heavy atom. The molecule has 2 aliphatic heterocycles. The van der Waals surface area contributed by atoms with Crippen LogP contribution in [-0.2, 0) is 10.0 Å². The van der Waals surface area contributed by atoms with E-state index in [2.05, 4.69) is 5.32 Å². The van der Waals surface area contributed by atoms with Crippen LogP contribution in [0.4, 0.5) is 0 Å². The second-order valence-corrected chi connectivity index (χ2v) is 11.2. The maximum Gasteiger partial charge on any atom is 0.251 e. The van der Waals surface area contributed by atoms with Crippen LogP contribution in [0.1, 0.15) is 73.3 Å². The van der Waals surface area contributed by atoms with Crippen LogP contribution in [0.25, 0.3) is 0 Å². The minimum atomic E-state index is -3.48. The largest absolute Gasteiger partial charge is 0.487 e. The average molecular weight is 455 g/mol. The smallest absolute Gasteiger partial charge is 0.251 e. The van der Waals surface area contributed by atoms with E-state index in [1.807, 2.05) is 24.3 Å². The number of amides is 1. The Kier molecular flexibility index (Phi) is 5.72. The Morgan fingerprint density at radius 2 is 1.62 bits per heavy atom. The van der Waals surface area contributed by atoms with Gasteiger partial charge in [0.2, 0.25) is 10.0 Å². The minimum absolute atomic E-state index is 0.126. The number of fused-ring (bicyclic) bond motifs is 1. The maximum atomic E-state index is 13.1. The fourth-order valence-electron chi connectivity index (χ4n) is 5.35. The lowest BCUT2D eigenvalue weighted by Gasteiger charge is -2.44. The van der Waals surface area contributed by atoms with Crippen LogP contribution in [0.5, 0.6) is 5.75 Å². The quantitative estimate of drug-likeness (QED) is 0.742. The minimum Gasteiger partial charge on any atom is -0.487 e. The molecule has 1 saturated carbocycles. The standard InChI is InChI=1S/C25H30N2O4S/c28-24(19-10-12-20(13-11-19)32(29,30)27-16-6-7-17-27)26-22-18-25(14-4-1-5-15-25)31-23-9-3-2-8-21(22)23/h2-3,8-13,22H,1,4-7,14-18H2,(H,26,28). The molecule has 1 saturated heterocycles. The molecule has 0 bridgehead atoms. The van der Waals surface area contributed by atoms with Crippen molar-refractivity contribution in [2.45, 2.75) is 67.9 Å². The summed E-state index contributed by atoms with van der Waals surface area (Å²) in [5.41, 5.74) is 1.26. The van der Waals surface area contributed by atoms with Gasteiger partial charge in [-0.15, -0.1) is 0 Å². The second kappa shape index (κ2) is 8.52.